The quantitative estimate of drug-likeness (QED) is 0.542. The third-order valence-corrected chi connectivity index (χ3v) is 3.67. The third-order valence-electron chi connectivity index (χ3n) is 3.45. The topological polar surface area (TPSA) is 24.1 Å². The van der Waals surface area contributed by atoms with Crippen LogP contribution >= 0.6 is 12.2 Å². The second-order valence-electron chi connectivity index (χ2n) is 5.77. The summed E-state index contributed by atoms with van der Waals surface area (Å²) < 4.78 is 0. The van der Waals surface area contributed by atoms with Crippen molar-refractivity contribution in [2.24, 2.45) is 0 Å². The molecule has 0 aliphatic rings. The minimum absolute atomic E-state index is 0.427. The zero-order chi connectivity index (χ0) is 15.0. The van der Waals surface area contributed by atoms with Crippen LogP contribution in [0.2, 0.25) is 0 Å². The van der Waals surface area contributed by atoms with E-state index in [2.05, 4.69) is 62.6 Å². The lowest BCUT2D eigenvalue weighted by molar-refractivity contribution is 0.556. The molecule has 2 N–H and O–H groups in total. The van der Waals surface area contributed by atoms with E-state index in [-0.39, 0.29) is 0 Å². The molecule has 0 aromatic heterocycles. The fourth-order valence-electron chi connectivity index (χ4n) is 2.12. The highest BCUT2D eigenvalue weighted by molar-refractivity contribution is 7.80. The molecule has 3 heteroatoms. The summed E-state index contributed by atoms with van der Waals surface area (Å²) in [4.78, 5) is 0. The molecule has 2 nitrogen and oxygen atoms in total. The summed E-state index contributed by atoms with van der Waals surface area (Å²) in [5.74, 6) is 0.563. The van der Waals surface area contributed by atoms with Gasteiger partial charge in [-0.25, -0.2) is 0 Å². The number of nitrogens with one attached hydrogen (secondary N) is 2. The Morgan fingerprint density at radius 2 is 1.75 bits per heavy atom. The van der Waals surface area contributed by atoms with E-state index >= 15 is 0 Å². The van der Waals surface area contributed by atoms with Gasteiger partial charge in [-0.05, 0) is 49.2 Å². The summed E-state index contributed by atoms with van der Waals surface area (Å²) in [6, 6.07) is 8.91. The molecule has 1 unspecified atom stereocenters. The maximum atomic E-state index is 5.35. The highest BCUT2D eigenvalue weighted by Crippen LogP contribution is 2.17. The third kappa shape index (κ3) is 6.38. The maximum absolute atomic E-state index is 5.35. The Balaban J connectivity index is 2.38. The lowest BCUT2D eigenvalue weighted by atomic mass is 10.0. The number of thiocarbonyl (C=S) groups is 1. The molecule has 0 saturated carbocycles. The molecule has 112 valence electrons. The summed E-state index contributed by atoms with van der Waals surface area (Å²) in [7, 11) is 0. The van der Waals surface area contributed by atoms with Gasteiger partial charge in [0.15, 0.2) is 5.11 Å². The molecule has 0 bridgehead atoms. The van der Waals surface area contributed by atoms with Gasteiger partial charge in [0.2, 0.25) is 0 Å². The zero-order valence-corrected chi connectivity index (χ0v) is 14.0. The second kappa shape index (κ2) is 8.96. The van der Waals surface area contributed by atoms with Gasteiger partial charge in [-0.2, -0.15) is 0 Å². The van der Waals surface area contributed by atoms with Crippen LogP contribution in [-0.2, 0) is 0 Å². The van der Waals surface area contributed by atoms with Crippen molar-refractivity contribution in [2.45, 2.75) is 65.3 Å². The minimum Gasteiger partial charge on any atom is -0.360 e. The SMILES string of the molecule is CCCCCC(C)NC(=S)Nc1ccc(C(C)C)cc1. The molecule has 0 amide bonds. The molecule has 0 spiro atoms. The smallest absolute Gasteiger partial charge is 0.170 e. The predicted molar refractivity (Wildman–Crippen MR) is 93.5 cm³/mol. The van der Waals surface area contributed by atoms with Crippen LogP contribution in [0.5, 0.6) is 0 Å². The summed E-state index contributed by atoms with van der Waals surface area (Å²) >= 11 is 5.35. The lowest BCUT2D eigenvalue weighted by Gasteiger charge is -2.17. The fourth-order valence-corrected chi connectivity index (χ4v) is 2.43. The number of hydrogen-bond acceptors (Lipinski definition) is 1. The van der Waals surface area contributed by atoms with E-state index in [1.54, 1.807) is 0 Å². The van der Waals surface area contributed by atoms with Crippen LogP contribution in [0.15, 0.2) is 24.3 Å². The van der Waals surface area contributed by atoms with E-state index in [9.17, 15) is 0 Å². The van der Waals surface area contributed by atoms with Crippen molar-refractivity contribution in [1.82, 2.24) is 5.32 Å². The zero-order valence-electron chi connectivity index (χ0n) is 13.2. The Kier molecular flexibility index (Phi) is 7.60. The van der Waals surface area contributed by atoms with Gasteiger partial charge in [0, 0.05) is 11.7 Å². The molecule has 0 aliphatic carbocycles. The Morgan fingerprint density at radius 3 is 2.30 bits per heavy atom. The van der Waals surface area contributed by atoms with Crippen LogP contribution in [0, 0.1) is 0 Å². The van der Waals surface area contributed by atoms with Crippen LogP contribution in [0.25, 0.3) is 0 Å². The van der Waals surface area contributed by atoms with Crippen molar-refractivity contribution >= 4 is 23.0 Å². The predicted octanol–water partition coefficient (Wildman–Crippen LogP) is 5.07. The Labute approximate surface area is 129 Å². The molecule has 1 aromatic rings. The van der Waals surface area contributed by atoms with Crippen molar-refractivity contribution in [3.05, 3.63) is 29.8 Å². The molecule has 1 aromatic carbocycles. The van der Waals surface area contributed by atoms with Gasteiger partial charge in [-0.15, -0.1) is 0 Å². The van der Waals surface area contributed by atoms with E-state index in [1.807, 2.05) is 0 Å². The lowest BCUT2D eigenvalue weighted by Crippen LogP contribution is -2.35. The van der Waals surface area contributed by atoms with Crippen molar-refractivity contribution in [3.8, 4) is 0 Å². The average molecular weight is 292 g/mol. The van der Waals surface area contributed by atoms with E-state index in [4.69, 9.17) is 12.2 Å². The van der Waals surface area contributed by atoms with E-state index in [0.29, 0.717) is 17.1 Å². The average Bonchev–Trinajstić information content (AvgIpc) is 2.39. The molecule has 0 saturated heterocycles. The molecule has 1 atom stereocenters. The van der Waals surface area contributed by atoms with Crippen molar-refractivity contribution in [3.63, 3.8) is 0 Å². The van der Waals surface area contributed by atoms with Gasteiger partial charge in [-0.1, -0.05) is 52.2 Å². The van der Waals surface area contributed by atoms with Gasteiger partial charge in [0.25, 0.3) is 0 Å². The van der Waals surface area contributed by atoms with Gasteiger partial charge >= 0.3 is 0 Å². The molecular weight excluding hydrogens is 264 g/mol. The summed E-state index contributed by atoms with van der Waals surface area (Å²) in [5, 5.41) is 7.31. The Bertz CT molecular complexity index is 398. The van der Waals surface area contributed by atoms with E-state index < -0.39 is 0 Å². The number of anilines is 1. The number of benzene rings is 1. The largest absolute Gasteiger partial charge is 0.360 e. The van der Waals surface area contributed by atoms with Crippen molar-refractivity contribution in [1.29, 1.82) is 0 Å². The van der Waals surface area contributed by atoms with Gasteiger partial charge in [-0.3, -0.25) is 0 Å². The molecule has 0 radical (unpaired) electrons. The van der Waals surface area contributed by atoms with E-state index in [1.165, 1.54) is 31.2 Å². The van der Waals surface area contributed by atoms with E-state index in [0.717, 1.165) is 5.69 Å². The first-order valence-corrected chi connectivity index (χ1v) is 8.11. The van der Waals surface area contributed by atoms with Crippen LogP contribution < -0.4 is 10.6 Å². The molecule has 0 fully saturated rings. The number of unbranched alkanes of at least 4 members (excludes halogenated alkanes) is 2. The molecular formula is C17H28N2S. The first-order valence-electron chi connectivity index (χ1n) is 7.70. The number of hydrogen-bond donors (Lipinski definition) is 2. The fraction of sp³-hybridized carbons (Fsp3) is 0.588. The molecule has 20 heavy (non-hydrogen) atoms. The van der Waals surface area contributed by atoms with Crippen molar-refractivity contribution in [2.75, 3.05) is 5.32 Å². The summed E-state index contributed by atoms with van der Waals surface area (Å²) in [6.07, 6.45) is 4.98. The summed E-state index contributed by atoms with van der Waals surface area (Å²) in [6.45, 7) is 8.82. The minimum atomic E-state index is 0.427. The summed E-state index contributed by atoms with van der Waals surface area (Å²) in [5.41, 5.74) is 2.40. The van der Waals surface area contributed by atoms with Crippen LogP contribution in [0.3, 0.4) is 0 Å². The van der Waals surface area contributed by atoms with Crippen LogP contribution in [-0.4, -0.2) is 11.2 Å². The first-order chi connectivity index (χ1) is 9.52. The number of rotatable bonds is 7. The van der Waals surface area contributed by atoms with Crippen molar-refractivity contribution < 1.29 is 0 Å². The Hall–Kier alpha value is -1.09. The standard InChI is InChI=1S/C17H28N2S/c1-5-6-7-8-14(4)18-17(20)19-16-11-9-15(10-12-16)13(2)3/h9-14H,5-8H2,1-4H3,(H2,18,19,20). The highest BCUT2D eigenvalue weighted by atomic mass is 32.1. The monoisotopic (exact) mass is 292 g/mol. The molecule has 0 heterocycles. The first kappa shape index (κ1) is 17.0. The van der Waals surface area contributed by atoms with Crippen LogP contribution in [0.1, 0.15) is 64.9 Å². The molecule has 1 rings (SSSR count). The van der Waals surface area contributed by atoms with Gasteiger partial charge in [0.1, 0.15) is 0 Å². The van der Waals surface area contributed by atoms with Gasteiger partial charge in [0.05, 0.1) is 0 Å². The maximum Gasteiger partial charge on any atom is 0.170 e. The van der Waals surface area contributed by atoms with Crippen LogP contribution in [0.4, 0.5) is 5.69 Å². The highest BCUT2D eigenvalue weighted by Gasteiger charge is 2.04. The Morgan fingerprint density at radius 1 is 1.10 bits per heavy atom. The second-order valence-corrected chi connectivity index (χ2v) is 6.18. The normalized spacial score (nSPS) is 12.2. The molecule has 0 aliphatic heterocycles. The van der Waals surface area contributed by atoms with Gasteiger partial charge < -0.3 is 10.6 Å².